The maximum Gasteiger partial charge on any atom is 0.0344 e. The highest BCUT2D eigenvalue weighted by Gasteiger charge is 2.51. The zero-order chi connectivity index (χ0) is 7.24. The van der Waals surface area contributed by atoms with Gasteiger partial charge < -0.3 is 10.6 Å². The number of hydrogen-bond acceptors (Lipinski definition) is 2. The Morgan fingerprint density at radius 2 is 2.00 bits per heavy atom. The average Bonchev–Trinajstić information content (AvgIpc) is 2.20. The molecule has 2 heterocycles. The summed E-state index contributed by atoms with van der Waals surface area (Å²) < 4.78 is 0. The molecule has 2 heteroatoms. The summed E-state index contributed by atoms with van der Waals surface area (Å²) in [4.78, 5) is 0. The first kappa shape index (κ1) is 6.62. The van der Waals surface area contributed by atoms with E-state index in [4.69, 9.17) is 0 Å². The van der Waals surface area contributed by atoms with Crippen LogP contribution in [0.1, 0.15) is 20.3 Å². The summed E-state index contributed by atoms with van der Waals surface area (Å²) in [7, 11) is 0. The molecule has 2 unspecified atom stereocenters. The lowest BCUT2D eigenvalue weighted by Gasteiger charge is -2.32. The van der Waals surface area contributed by atoms with E-state index in [2.05, 4.69) is 24.5 Å². The number of fused-ring (bicyclic) bond motifs is 1. The molecule has 0 bridgehead atoms. The van der Waals surface area contributed by atoms with Crippen LogP contribution in [0.15, 0.2) is 0 Å². The molecular weight excluding hydrogens is 124 g/mol. The van der Waals surface area contributed by atoms with Crippen molar-refractivity contribution in [1.82, 2.24) is 10.6 Å². The summed E-state index contributed by atoms with van der Waals surface area (Å²) in [6.45, 7) is 8.25. The number of nitrogens with one attached hydrogen (secondary N) is 2. The van der Waals surface area contributed by atoms with E-state index in [1.807, 2.05) is 0 Å². The van der Waals surface area contributed by atoms with Crippen LogP contribution in [0, 0.1) is 5.41 Å². The van der Waals surface area contributed by atoms with Gasteiger partial charge in [0.15, 0.2) is 0 Å². The zero-order valence-corrected chi connectivity index (χ0v) is 6.83. The Kier molecular flexibility index (Phi) is 1.15. The smallest absolute Gasteiger partial charge is 0.0344 e. The van der Waals surface area contributed by atoms with Crippen LogP contribution in [-0.4, -0.2) is 25.2 Å². The molecule has 2 saturated heterocycles. The molecule has 2 nitrogen and oxygen atoms in total. The quantitative estimate of drug-likeness (QED) is 0.507. The molecule has 0 amide bonds. The van der Waals surface area contributed by atoms with Crippen molar-refractivity contribution in [2.24, 2.45) is 5.41 Å². The first-order chi connectivity index (χ1) is 4.66. The van der Waals surface area contributed by atoms with Crippen molar-refractivity contribution < 1.29 is 0 Å². The fourth-order valence-electron chi connectivity index (χ4n) is 2.25. The molecule has 0 aliphatic carbocycles. The molecule has 2 fully saturated rings. The zero-order valence-electron chi connectivity index (χ0n) is 6.83. The van der Waals surface area contributed by atoms with E-state index < -0.39 is 0 Å². The molecule has 0 radical (unpaired) electrons. The minimum Gasteiger partial charge on any atom is -0.314 e. The molecule has 2 aliphatic rings. The van der Waals surface area contributed by atoms with E-state index in [0.29, 0.717) is 11.0 Å². The van der Waals surface area contributed by atoms with Gasteiger partial charge in [-0.05, 0) is 19.9 Å². The van der Waals surface area contributed by atoms with Crippen molar-refractivity contribution in [3.63, 3.8) is 0 Å². The first-order valence-corrected chi connectivity index (χ1v) is 4.12. The highest BCUT2D eigenvalue weighted by molar-refractivity contribution is 5.11. The predicted octanol–water partition coefficient (Wildman–Crippen LogP) is 0.348. The van der Waals surface area contributed by atoms with Crippen LogP contribution in [0.2, 0.25) is 0 Å². The Morgan fingerprint density at radius 3 is 2.70 bits per heavy atom. The van der Waals surface area contributed by atoms with E-state index in [0.717, 1.165) is 6.54 Å². The molecule has 0 saturated carbocycles. The molecule has 0 aromatic heterocycles. The lowest BCUT2D eigenvalue weighted by Crippen LogP contribution is -2.47. The van der Waals surface area contributed by atoms with Gasteiger partial charge in [-0.15, -0.1) is 0 Å². The standard InChI is InChI=1S/C8H16N2/c1-7-3-4-10-8(7,2)6-9-5-7/h9-10H,3-6H2,1-2H3. The van der Waals surface area contributed by atoms with Crippen LogP contribution >= 0.6 is 0 Å². The molecule has 2 aliphatic heterocycles. The fourth-order valence-corrected chi connectivity index (χ4v) is 2.25. The van der Waals surface area contributed by atoms with Crippen LogP contribution in [0.4, 0.5) is 0 Å². The molecule has 10 heavy (non-hydrogen) atoms. The minimum absolute atomic E-state index is 0.382. The van der Waals surface area contributed by atoms with Crippen molar-refractivity contribution in [3.8, 4) is 0 Å². The van der Waals surface area contributed by atoms with Gasteiger partial charge in [-0.25, -0.2) is 0 Å². The van der Waals surface area contributed by atoms with E-state index in [1.54, 1.807) is 0 Å². The molecular formula is C8H16N2. The third-order valence-electron chi connectivity index (χ3n) is 3.52. The molecule has 58 valence electrons. The molecule has 0 aromatic carbocycles. The Bertz CT molecular complexity index is 127. The summed E-state index contributed by atoms with van der Waals surface area (Å²) in [5.74, 6) is 0. The van der Waals surface area contributed by atoms with Gasteiger partial charge in [0.2, 0.25) is 0 Å². The van der Waals surface area contributed by atoms with Gasteiger partial charge in [-0.3, -0.25) is 0 Å². The largest absolute Gasteiger partial charge is 0.314 e. The lowest BCUT2D eigenvalue weighted by molar-refractivity contribution is 0.251. The number of hydrogen-bond donors (Lipinski definition) is 2. The molecule has 0 aromatic rings. The normalized spacial score (nSPS) is 53.4. The average molecular weight is 140 g/mol. The van der Waals surface area contributed by atoms with Crippen molar-refractivity contribution in [1.29, 1.82) is 0 Å². The maximum atomic E-state index is 3.57. The Labute approximate surface area is 62.4 Å². The van der Waals surface area contributed by atoms with Crippen LogP contribution in [0.25, 0.3) is 0 Å². The first-order valence-electron chi connectivity index (χ1n) is 4.12. The van der Waals surface area contributed by atoms with E-state index in [-0.39, 0.29) is 0 Å². The van der Waals surface area contributed by atoms with E-state index in [1.165, 1.54) is 19.5 Å². The predicted molar refractivity (Wildman–Crippen MR) is 42.0 cm³/mol. The molecule has 2 atom stereocenters. The maximum absolute atomic E-state index is 3.57. The Hall–Kier alpha value is -0.0800. The molecule has 2 N–H and O–H groups in total. The van der Waals surface area contributed by atoms with Crippen LogP contribution in [-0.2, 0) is 0 Å². The highest BCUT2D eigenvalue weighted by Crippen LogP contribution is 2.41. The number of rotatable bonds is 0. The molecule has 0 spiro atoms. The van der Waals surface area contributed by atoms with Crippen LogP contribution in [0.3, 0.4) is 0 Å². The minimum atomic E-state index is 0.382. The lowest BCUT2D eigenvalue weighted by atomic mass is 9.76. The van der Waals surface area contributed by atoms with E-state index >= 15 is 0 Å². The third kappa shape index (κ3) is 0.611. The second kappa shape index (κ2) is 1.74. The van der Waals surface area contributed by atoms with Crippen LogP contribution < -0.4 is 10.6 Å². The van der Waals surface area contributed by atoms with E-state index in [9.17, 15) is 0 Å². The van der Waals surface area contributed by atoms with Crippen molar-refractivity contribution in [2.75, 3.05) is 19.6 Å². The highest BCUT2D eigenvalue weighted by atomic mass is 15.1. The van der Waals surface area contributed by atoms with Crippen molar-refractivity contribution >= 4 is 0 Å². The van der Waals surface area contributed by atoms with Gasteiger partial charge in [0.05, 0.1) is 0 Å². The Balaban J connectivity index is 2.30. The van der Waals surface area contributed by atoms with Crippen molar-refractivity contribution in [2.45, 2.75) is 25.8 Å². The van der Waals surface area contributed by atoms with Gasteiger partial charge >= 0.3 is 0 Å². The summed E-state index contributed by atoms with van der Waals surface area (Å²) in [6, 6.07) is 0. The van der Waals surface area contributed by atoms with Gasteiger partial charge in [0.1, 0.15) is 0 Å². The Morgan fingerprint density at radius 1 is 1.20 bits per heavy atom. The molecule has 2 rings (SSSR count). The summed E-state index contributed by atoms with van der Waals surface area (Å²) in [5, 5.41) is 7.02. The van der Waals surface area contributed by atoms with Gasteiger partial charge in [0.25, 0.3) is 0 Å². The summed E-state index contributed by atoms with van der Waals surface area (Å²) in [6.07, 6.45) is 1.33. The third-order valence-corrected chi connectivity index (χ3v) is 3.52. The van der Waals surface area contributed by atoms with Gasteiger partial charge in [-0.2, -0.15) is 0 Å². The summed E-state index contributed by atoms with van der Waals surface area (Å²) in [5.41, 5.74) is 0.903. The van der Waals surface area contributed by atoms with Crippen LogP contribution in [0.5, 0.6) is 0 Å². The second-order valence-electron chi connectivity index (χ2n) is 4.17. The second-order valence-corrected chi connectivity index (χ2v) is 4.17. The van der Waals surface area contributed by atoms with Gasteiger partial charge in [0, 0.05) is 24.0 Å². The van der Waals surface area contributed by atoms with Crippen molar-refractivity contribution in [3.05, 3.63) is 0 Å². The fraction of sp³-hybridized carbons (Fsp3) is 1.00. The topological polar surface area (TPSA) is 24.1 Å². The summed E-state index contributed by atoms with van der Waals surface area (Å²) >= 11 is 0. The SMILES string of the molecule is CC12CCNC1(C)CNC2. The monoisotopic (exact) mass is 140 g/mol. The van der Waals surface area contributed by atoms with Gasteiger partial charge in [-0.1, -0.05) is 6.92 Å².